The Bertz CT molecular complexity index is 1630. The number of pyridine rings is 1. The lowest BCUT2D eigenvalue weighted by atomic mass is 9.82. The van der Waals surface area contributed by atoms with Gasteiger partial charge in [0, 0.05) is 34.4 Å². The van der Waals surface area contributed by atoms with Crippen molar-refractivity contribution in [3.8, 4) is 11.3 Å². The molecule has 4 aromatic rings. The average Bonchev–Trinajstić information content (AvgIpc) is 3.29. The normalized spacial score (nSPS) is 18.2. The molecular weight excluding hydrogens is 537 g/mol. The quantitative estimate of drug-likeness (QED) is 0.275. The van der Waals surface area contributed by atoms with Crippen LogP contribution >= 0.6 is 11.6 Å². The van der Waals surface area contributed by atoms with Crippen LogP contribution in [0.1, 0.15) is 68.2 Å². The Morgan fingerprint density at radius 2 is 1.77 bits per heavy atom. The summed E-state index contributed by atoms with van der Waals surface area (Å²) in [6, 6.07) is 11.5. The molecule has 5 rings (SSSR count). The number of hydrogen-bond acceptors (Lipinski definition) is 6. The van der Waals surface area contributed by atoms with Crippen LogP contribution in [0.2, 0.25) is 5.02 Å². The Balaban J connectivity index is 1.52. The van der Waals surface area contributed by atoms with Gasteiger partial charge in [0.05, 0.1) is 22.4 Å². The molecule has 1 aliphatic rings. The zero-order valence-corrected chi connectivity index (χ0v) is 23.6. The number of benzene rings is 2. The van der Waals surface area contributed by atoms with Crippen LogP contribution in [0.4, 0.5) is 10.2 Å². The Hall–Kier alpha value is -3.01. The maximum absolute atomic E-state index is 15.4. The molecule has 0 aliphatic heterocycles. The van der Waals surface area contributed by atoms with Crippen molar-refractivity contribution in [3.63, 3.8) is 0 Å². The van der Waals surface area contributed by atoms with Crippen molar-refractivity contribution in [1.29, 1.82) is 0 Å². The lowest BCUT2D eigenvalue weighted by Gasteiger charge is -2.27. The van der Waals surface area contributed by atoms with Crippen LogP contribution in [0.25, 0.3) is 22.2 Å². The molecule has 0 bridgehead atoms. The van der Waals surface area contributed by atoms with Gasteiger partial charge < -0.3 is 11.5 Å². The molecule has 1 aliphatic carbocycles. The van der Waals surface area contributed by atoms with Gasteiger partial charge in [-0.2, -0.15) is 5.10 Å². The van der Waals surface area contributed by atoms with Crippen LogP contribution in [0.5, 0.6) is 0 Å². The van der Waals surface area contributed by atoms with Crippen molar-refractivity contribution in [1.82, 2.24) is 14.8 Å². The number of nitrogens with two attached hydrogens (primary N) is 2. The second-order valence-electron chi connectivity index (χ2n) is 10.8. The van der Waals surface area contributed by atoms with Gasteiger partial charge in [0.2, 0.25) is 0 Å². The molecule has 2 heterocycles. The van der Waals surface area contributed by atoms with E-state index in [9.17, 15) is 8.42 Å². The predicted molar refractivity (Wildman–Crippen MR) is 155 cm³/mol. The molecule has 4 N–H and O–H groups in total. The fourth-order valence-corrected chi connectivity index (χ4v) is 7.29. The SMILES string of the molecule is CC(C)n1nc(-c2ccc(CS(=O)(=O)Cc3ccccc3Cl)c(F)c2)c2c(N)ncc(C3CCC(N)CC3)c21. The molecular formula is C29H33ClFN5O2S. The van der Waals surface area contributed by atoms with Gasteiger partial charge in [-0.25, -0.2) is 17.8 Å². The zero-order valence-electron chi connectivity index (χ0n) is 22.1. The van der Waals surface area contributed by atoms with Gasteiger partial charge in [0.1, 0.15) is 17.3 Å². The topological polar surface area (TPSA) is 117 Å². The van der Waals surface area contributed by atoms with Crippen molar-refractivity contribution >= 4 is 38.2 Å². The molecule has 1 saturated carbocycles. The standard InChI is InChI=1S/C29H33ClFN5O2S/c1-17(2)36-28-23(18-9-11-22(32)12-10-18)14-34-29(33)26(28)27(35-36)19-7-8-21(25(31)13-19)16-39(37,38)15-20-5-3-4-6-24(20)30/h3-8,13-14,17-18,22H,9-12,15-16,32H2,1-2H3,(H2,33,34). The highest BCUT2D eigenvalue weighted by atomic mass is 35.5. The summed E-state index contributed by atoms with van der Waals surface area (Å²) in [5, 5.41) is 5.93. The van der Waals surface area contributed by atoms with E-state index in [1.54, 1.807) is 30.3 Å². The number of nitrogen functional groups attached to an aromatic ring is 1. The van der Waals surface area contributed by atoms with Gasteiger partial charge in [-0.05, 0) is 68.7 Å². The van der Waals surface area contributed by atoms with E-state index in [0.717, 1.165) is 36.8 Å². The third-order valence-corrected chi connectivity index (χ3v) is 9.39. The Morgan fingerprint density at radius 3 is 2.44 bits per heavy atom. The number of anilines is 1. The van der Waals surface area contributed by atoms with Gasteiger partial charge in [0.15, 0.2) is 9.84 Å². The molecule has 0 saturated heterocycles. The number of halogens is 2. The summed E-state index contributed by atoms with van der Waals surface area (Å²) in [7, 11) is -3.66. The van der Waals surface area contributed by atoms with Crippen molar-refractivity contribution < 1.29 is 12.8 Å². The van der Waals surface area contributed by atoms with Crippen molar-refractivity contribution in [2.24, 2.45) is 5.73 Å². The Labute approximate surface area is 233 Å². The first-order chi connectivity index (χ1) is 18.5. The van der Waals surface area contributed by atoms with E-state index < -0.39 is 21.4 Å². The van der Waals surface area contributed by atoms with Gasteiger partial charge in [0.25, 0.3) is 0 Å². The third kappa shape index (κ3) is 5.66. The first-order valence-electron chi connectivity index (χ1n) is 13.2. The zero-order chi connectivity index (χ0) is 27.9. The maximum Gasteiger partial charge on any atom is 0.158 e. The van der Waals surface area contributed by atoms with Gasteiger partial charge in [-0.15, -0.1) is 0 Å². The molecule has 0 amide bonds. The molecule has 0 spiro atoms. The molecule has 2 aromatic heterocycles. The average molecular weight is 570 g/mol. The van der Waals surface area contributed by atoms with Crippen LogP contribution < -0.4 is 11.5 Å². The summed E-state index contributed by atoms with van der Waals surface area (Å²) in [5.74, 6) is -0.705. The third-order valence-electron chi connectivity index (χ3n) is 7.52. The predicted octanol–water partition coefficient (Wildman–Crippen LogP) is 6.15. The smallest absolute Gasteiger partial charge is 0.158 e. The highest BCUT2D eigenvalue weighted by molar-refractivity contribution is 7.89. The van der Waals surface area contributed by atoms with Crippen molar-refractivity contribution in [2.75, 3.05) is 5.73 Å². The second-order valence-corrected chi connectivity index (χ2v) is 13.2. The minimum atomic E-state index is -3.66. The van der Waals surface area contributed by atoms with Crippen molar-refractivity contribution in [2.45, 2.75) is 69.0 Å². The summed E-state index contributed by atoms with van der Waals surface area (Å²) in [4.78, 5) is 4.51. The van der Waals surface area contributed by atoms with Crippen LogP contribution in [0.15, 0.2) is 48.7 Å². The minimum Gasteiger partial charge on any atom is -0.383 e. The Morgan fingerprint density at radius 1 is 1.08 bits per heavy atom. The summed E-state index contributed by atoms with van der Waals surface area (Å²) in [5.41, 5.74) is 16.2. The minimum absolute atomic E-state index is 0.0340. The fourth-order valence-electron chi connectivity index (χ4n) is 5.48. The van der Waals surface area contributed by atoms with E-state index in [-0.39, 0.29) is 23.4 Å². The van der Waals surface area contributed by atoms with Crippen LogP contribution in [-0.4, -0.2) is 29.2 Å². The molecule has 39 heavy (non-hydrogen) atoms. The monoisotopic (exact) mass is 569 g/mol. The molecule has 1 fully saturated rings. The summed E-state index contributed by atoms with van der Waals surface area (Å²) < 4.78 is 43.0. The maximum atomic E-state index is 15.4. The first kappa shape index (κ1) is 27.6. The van der Waals surface area contributed by atoms with Gasteiger partial charge >= 0.3 is 0 Å². The van der Waals surface area contributed by atoms with Crippen LogP contribution in [-0.2, 0) is 21.3 Å². The summed E-state index contributed by atoms with van der Waals surface area (Å²) >= 11 is 6.14. The van der Waals surface area contributed by atoms with E-state index in [1.165, 1.54) is 12.1 Å². The summed E-state index contributed by atoms with van der Waals surface area (Å²) in [6.07, 6.45) is 5.67. The lowest BCUT2D eigenvalue weighted by Crippen LogP contribution is -2.26. The fraction of sp³-hybridized carbons (Fsp3) is 0.379. The van der Waals surface area contributed by atoms with Crippen LogP contribution in [0.3, 0.4) is 0 Å². The number of sulfone groups is 1. The van der Waals surface area contributed by atoms with Crippen molar-refractivity contribution in [3.05, 3.63) is 76.2 Å². The lowest BCUT2D eigenvalue weighted by molar-refractivity contribution is 0.395. The number of hydrogen-bond donors (Lipinski definition) is 2. The summed E-state index contributed by atoms with van der Waals surface area (Å²) in [6.45, 7) is 4.09. The van der Waals surface area contributed by atoms with E-state index in [2.05, 4.69) is 4.98 Å². The highest BCUT2D eigenvalue weighted by Gasteiger charge is 2.27. The van der Waals surface area contributed by atoms with E-state index >= 15 is 4.39 Å². The van der Waals surface area contributed by atoms with Gasteiger partial charge in [-0.3, -0.25) is 4.68 Å². The molecule has 2 aromatic carbocycles. The molecule has 10 heteroatoms. The largest absolute Gasteiger partial charge is 0.383 e. The number of fused-ring (bicyclic) bond motifs is 1. The second kappa shape index (κ2) is 10.9. The molecule has 0 unspecified atom stereocenters. The number of rotatable bonds is 7. The number of nitrogens with zero attached hydrogens (tertiary/aromatic N) is 3. The van der Waals surface area contributed by atoms with Gasteiger partial charge in [-0.1, -0.05) is 41.9 Å². The van der Waals surface area contributed by atoms with E-state index in [0.29, 0.717) is 39.0 Å². The first-order valence-corrected chi connectivity index (χ1v) is 15.4. The highest BCUT2D eigenvalue weighted by Crippen LogP contribution is 2.41. The van der Waals surface area contributed by atoms with E-state index in [1.807, 2.05) is 24.7 Å². The molecule has 7 nitrogen and oxygen atoms in total. The Kier molecular flexibility index (Phi) is 7.68. The molecule has 0 radical (unpaired) electrons. The van der Waals surface area contributed by atoms with E-state index in [4.69, 9.17) is 28.2 Å². The molecule has 0 atom stereocenters. The van der Waals surface area contributed by atoms with Crippen LogP contribution in [0, 0.1) is 5.82 Å². The molecule has 206 valence electrons. The number of aromatic nitrogens is 3.